The molecule has 0 aliphatic rings. The van der Waals surface area contributed by atoms with E-state index in [0.29, 0.717) is 18.6 Å². The van der Waals surface area contributed by atoms with Crippen LogP contribution in [0, 0.1) is 0 Å². The van der Waals surface area contributed by atoms with Crippen LogP contribution in [0.3, 0.4) is 0 Å². The van der Waals surface area contributed by atoms with E-state index in [4.69, 9.17) is 47.7 Å². The van der Waals surface area contributed by atoms with Crippen molar-refractivity contribution >= 4 is 85.6 Å². The van der Waals surface area contributed by atoms with Gasteiger partial charge in [-0.2, -0.15) is 0 Å². The average Bonchev–Trinajstić information content (AvgIpc) is 2.21. The number of hydrogen-bond donors (Lipinski definition) is 10. The maximum absolute atomic E-state index is 12.6. The number of carbonyl (C=O) groups is 11. The molecular weight excluding hydrogens is 1340 g/mol. The van der Waals surface area contributed by atoms with Crippen LogP contribution in [0.25, 0.3) is 0 Å². The summed E-state index contributed by atoms with van der Waals surface area (Å²) >= 11 is 1.65. The minimum Gasteiger partial charge on any atom is -0.497 e. The van der Waals surface area contributed by atoms with Crippen molar-refractivity contribution in [2.75, 3.05) is 139 Å². The summed E-state index contributed by atoms with van der Waals surface area (Å²) in [4.78, 5) is 132. The Morgan fingerprint density at radius 2 is 0.677 bits per heavy atom. The van der Waals surface area contributed by atoms with Crippen molar-refractivity contribution in [3.8, 4) is 5.75 Å². The molecule has 10 N–H and O–H groups in total. The lowest BCUT2D eigenvalue weighted by atomic mass is 10.0. The molecule has 1 rings (SSSR count). The molecule has 1 aromatic carbocycles. The van der Waals surface area contributed by atoms with Gasteiger partial charge in [-0.1, -0.05) is 89.2 Å². The summed E-state index contributed by atoms with van der Waals surface area (Å²) in [5, 5.41) is 45.8. The number of carboxylic acids is 3. The van der Waals surface area contributed by atoms with Gasteiger partial charge in [0.15, 0.2) is 0 Å². The predicted octanol–water partition coefficient (Wildman–Crippen LogP) is 2.31. The van der Waals surface area contributed by atoms with E-state index in [1.807, 2.05) is 12.1 Å². The molecule has 0 saturated carbocycles. The largest absolute Gasteiger partial charge is 0.497 e. The zero-order valence-corrected chi connectivity index (χ0v) is 56.1. The molecule has 0 fully saturated rings. The van der Waals surface area contributed by atoms with Crippen LogP contribution in [0.5, 0.6) is 5.75 Å². The van der Waals surface area contributed by atoms with Crippen molar-refractivity contribution in [3.63, 3.8) is 0 Å². The standard InChI is InChI=1S/C62H102IN7O23/c1-85-48-20-18-47(19-21-48)42-51(60(63)80)70-58(77)46-93-41-37-89-33-29-67-57(76)45-92-40-36-88-32-28-66-56(75)44-91-39-35-87-31-27-65-55(74)43-90-38-34-86-30-26-64-52(71)24-22-49(61(81)82)69-54(73)25-23-50(62(83)84)68-53(72)16-14-12-10-8-6-4-2-3-5-7-9-11-13-15-17-59(78)79/h18-21,49-51H,2-17,22-46H2,1H3,(H,64,71)(H,65,74)(H,66,75)(H,67,76)(H,68,72)(H,69,73)(H,70,77)(H,78,79)(H,81,82)(H,83,84)/t49-,50?,51?/m1/s1. The van der Waals surface area contributed by atoms with Crippen LogP contribution in [0.1, 0.15) is 134 Å². The van der Waals surface area contributed by atoms with Gasteiger partial charge in [0.2, 0.25) is 45.1 Å². The SMILES string of the molecule is COc1ccc(CC(NC(=O)COCCOCCNC(=O)COCCOCCNC(=O)COCCOCCNC(=O)COCCOCCNC(=O)CC[C@@H](NC(=O)CCC(NC(=O)CCCCCCCCCCCCCCCCC(=O)O)C(=O)O)C(=O)O)C(=O)I)cc1. The molecule has 0 bridgehead atoms. The quantitative estimate of drug-likeness (QED) is 0.0254. The number of nitrogens with one attached hydrogen (secondary N) is 7. The average molecular weight is 1440 g/mol. The molecule has 0 aliphatic heterocycles. The molecule has 7 amide bonds. The van der Waals surface area contributed by atoms with Crippen LogP contribution in [0.2, 0.25) is 0 Å². The summed E-state index contributed by atoms with van der Waals surface area (Å²) in [5.41, 5.74) is 0.867. The Morgan fingerprint density at radius 3 is 1.03 bits per heavy atom. The summed E-state index contributed by atoms with van der Waals surface area (Å²) in [7, 11) is 1.56. The Morgan fingerprint density at radius 1 is 0.366 bits per heavy atom. The van der Waals surface area contributed by atoms with Crippen LogP contribution < -0.4 is 42.0 Å². The lowest BCUT2D eigenvalue weighted by molar-refractivity contribution is -0.143. The van der Waals surface area contributed by atoms with Crippen molar-refractivity contribution in [1.82, 2.24) is 37.2 Å². The molecule has 3 atom stereocenters. The molecule has 530 valence electrons. The molecule has 2 unspecified atom stereocenters. The third kappa shape index (κ3) is 52.8. The fourth-order valence-electron chi connectivity index (χ4n) is 8.53. The highest BCUT2D eigenvalue weighted by atomic mass is 127. The van der Waals surface area contributed by atoms with E-state index in [0.717, 1.165) is 63.4 Å². The van der Waals surface area contributed by atoms with E-state index >= 15 is 0 Å². The first-order chi connectivity index (χ1) is 44.9. The molecule has 1 aromatic rings. The molecule has 0 spiro atoms. The Hall–Kier alpha value is -6.20. The number of unbranched alkanes of at least 4 members (excludes halogenated alkanes) is 13. The summed E-state index contributed by atoms with van der Waals surface area (Å²) in [6.45, 7) is 1.86. The van der Waals surface area contributed by atoms with Crippen LogP contribution in [0.15, 0.2) is 24.3 Å². The molecule has 30 nitrogen and oxygen atoms in total. The van der Waals surface area contributed by atoms with Crippen LogP contribution >= 0.6 is 22.6 Å². The topological polar surface area (TPSA) is 416 Å². The fraction of sp³-hybridized carbons (Fsp3) is 0.726. The van der Waals surface area contributed by atoms with Gasteiger partial charge in [0.1, 0.15) is 50.3 Å². The summed E-state index contributed by atoms with van der Waals surface area (Å²) < 4.78 is 47.7. The Labute approximate surface area is 558 Å². The first kappa shape index (κ1) is 84.8. The van der Waals surface area contributed by atoms with Gasteiger partial charge >= 0.3 is 17.9 Å². The highest BCUT2D eigenvalue weighted by molar-refractivity contribution is 14.1. The second-order valence-corrected chi connectivity index (χ2v) is 22.4. The fourth-order valence-corrected chi connectivity index (χ4v) is 8.91. The third-order valence-electron chi connectivity index (χ3n) is 13.5. The van der Waals surface area contributed by atoms with Crippen molar-refractivity contribution in [1.29, 1.82) is 0 Å². The summed E-state index contributed by atoms with van der Waals surface area (Å²) in [6, 6.07) is 3.77. The number of ether oxygens (including phenoxy) is 9. The van der Waals surface area contributed by atoms with Crippen LogP contribution in [0.4, 0.5) is 0 Å². The molecule has 0 saturated heterocycles. The van der Waals surface area contributed by atoms with Gasteiger partial charge in [-0.25, -0.2) is 9.59 Å². The maximum atomic E-state index is 12.6. The first-order valence-electron chi connectivity index (χ1n) is 32.0. The number of hydrogen-bond acceptors (Lipinski definition) is 20. The lowest BCUT2D eigenvalue weighted by Gasteiger charge is -2.17. The molecule has 0 aliphatic carbocycles. The van der Waals surface area contributed by atoms with Gasteiger partial charge in [0.05, 0.1) is 86.4 Å². The van der Waals surface area contributed by atoms with Gasteiger partial charge in [-0.05, 0) is 43.4 Å². The number of halogens is 1. The highest BCUT2D eigenvalue weighted by Crippen LogP contribution is 2.16. The second kappa shape index (κ2) is 58.4. The third-order valence-corrected chi connectivity index (χ3v) is 14.3. The van der Waals surface area contributed by atoms with Gasteiger partial charge in [-0.3, -0.25) is 43.2 Å². The number of carboxylic acid groups (broad SMARTS) is 3. The van der Waals surface area contributed by atoms with E-state index in [2.05, 4.69) is 37.2 Å². The summed E-state index contributed by atoms with van der Waals surface area (Å²) in [6.07, 6.45) is 14.0. The molecule has 31 heteroatoms. The minimum absolute atomic E-state index is 0.0881. The summed E-state index contributed by atoms with van der Waals surface area (Å²) in [5.74, 6) is -5.92. The number of benzene rings is 1. The number of amides is 7. The molecule has 0 heterocycles. The number of carbonyl (C=O) groups excluding carboxylic acids is 8. The number of rotatable bonds is 64. The molecular formula is C62H102IN7O23. The highest BCUT2D eigenvalue weighted by Gasteiger charge is 2.25. The van der Waals surface area contributed by atoms with Crippen molar-refractivity contribution in [3.05, 3.63) is 29.8 Å². The molecule has 0 radical (unpaired) electrons. The second-order valence-electron chi connectivity index (χ2n) is 21.4. The maximum Gasteiger partial charge on any atom is 0.326 e. The Balaban J connectivity index is 1.95. The van der Waals surface area contributed by atoms with Gasteiger partial charge < -0.3 is 95.2 Å². The number of methoxy groups -OCH3 is 1. The van der Waals surface area contributed by atoms with Crippen molar-refractivity contribution < 1.29 is 111 Å². The Bertz CT molecular complexity index is 2270. The van der Waals surface area contributed by atoms with Crippen molar-refractivity contribution in [2.45, 2.75) is 153 Å². The van der Waals surface area contributed by atoms with E-state index in [9.17, 15) is 63.0 Å². The van der Waals surface area contributed by atoms with Crippen LogP contribution in [-0.4, -0.2) is 235 Å². The Kier molecular flexibility index (Phi) is 53.2. The smallest absolute Gasteiger partial charge is 0.326 e. The van der Waals surface area contributed by atoms with E-state index in [1.54, 1.807) is 41.8 Å². The van der Waals surface area contributed by atoms with Gasteiger partial charge in [0, 0.05) is 80.9 Å². The number of aliphatic carboxylic acids is 3. The molecule has 0 aromatic heterocycles. The first-order valence-corrected chi connectivity index (χ1v) is 33.0. The predicted molar refractivity (Wildman–Crippen MR) is 345 cm³/mol. The monoisotopic (exact) mass is 1440 g/mol. The van der Waals surface area contributed by atoms with E-state index in [-0.39, 0.29) is 192 Å². The van der Waals surface area contributed by atoms with Gasteiger partial charge in [-0.15, -0.1) is 0 Å². The zero-order chi connectivity index (χ0) is 68.4. The van der Waals surface area contributed by atoms with E-state index in [1.165, 1.54) is 25.7 Å². The minimum atomic E-state index is -1.41. The van der Waals surface area contributed by atoms with E-state index < -0.39 is 59.7 Å². The van der Waals surface area contributed by atoms with Gasteiger partial charge in [0.25, 0.3) is 0 Å². The van der Waals surface area contributed by atoms with Crippen molar-refractivity contribution in [2.24, 2.45) is 0 Å². The lowest BCUT2D eigenvalue weighted by Crippen LogP contribution is -2.44. The molecule has 93 heavy (non-hydrogen) atoms. The van der Waals surface area contributed by atoms with Crippen LogP contribution in [-0.2, 0) is 97.1 Å². The zero-order valence-electron chi connectivity index (χ0n) is 53.9. The normalized spacial score (nSPS) is 12.0.